The minimum atomic E-state index is -0.243. The van der Waals surface area contributed by atoms with Gasteiger partial charge in [0, 0.05) is 7.05 Å². The maximum Gasteiger partial charge on any atom is 0.292 e. The maximum atomic E-state index is 11.9. The molecular weight excluding hydrogens is 224 g/mol. The quantitative estimate of drug-likeness (QED) is 0.799. The van der Waals surface area contributed by atoms with Crippen molar-refractivity contribution in [3.63, 3.8) is 0 Å². The third kappa shape index (κ3) is 2.74. The molecule has 0 saturated heterocycles. The number of amides is 1. The predicted molar refractivity (Wildman–Crippen MR) is 57.6 cm³/mol. The summed E-state index contributed by atoms with van der Waals surface area (Å²) in [6, 6.07) is 0. The van der Waals surface area contributed by atoms with Gasteiger partial charge in [-0.25, -0.2) is 4.98 Å². The van der Waals surface area contributed by atoms with Gasteiger partial charge in [-0.3, -0.25) is 9.89 Å². The highest BCUT2D eigenvalue weighted by molar-refractivity contribution is 5.91. The van der Waals surface area contributed by atoms with Crippen molar-refractivity contribution in [2.75, 3.05) is 20.3 Å². The second-order valence-corrected chi connectivity index (χ2v) is 3.70. The fourth-order valence-electron chi connectivity index (χ4n) is 1.41. The molecule has 1 N–H and O–H groups in total. The van der Waals surface area contributed by atoms with E-state index < -0.39 is 0 Å². The number of H-pyrrole nitrogens is 1. The Kier molecular flexibility index (Phi) is 3.27. The number of carbonyl (C=O) groups excluding carboxylic acids is 1. The number of aromatic nitrogens is 3. The molecule has 7 heteroatoms. The van der Waals surface area contributed by atoms with Gasteiger partial charge in [0.15, 0.2) is 5.82 Å². The number of carbonyl (C=O) groups is 1. The topological polar surface area (TPSA) is 80.3 Å². The summed E-state index contributed by atoms with van der Waals surface area (Å²) in [6.07, 6.45) is 1.34. The summed E-state index contributed by atoms with van der Waals surface area (Å²) >= 11 is 0. The third-order valence-electron chi connectivity index (χ3n) is 2.23. The molecule has 1 aromatic heterocycles. The highest BCUT2D eigenvalue weighted by Crippen LogP contribution is 2.09. The van der Waals surface area contributed by atoms with E-state index in [9.17, 15) is 4.79 Å². The number of hydrogen-bond acceptors (Lipinski definition) is 5. The molecule has 0 unspecified atom stereocenters. The van der Waals surface area contributed by atoms with Gasteiger partial charge < -0.3 is 14.4 Å². The molecule has 0 saturated carbocycles. The molecule has 17 heavy (non-hydrogen) atoms. The highest BCUT2D eigenvalue weighted by atomic mass is 16.6. The molecule has 0 aliphatic carbocycles. The Morgan fingerprint density at radius 1 is 1.59 bits per heavy atom. The minimum Gasteiger partial charge on any atom is -0.494 e. The summed E-state index contributed by atoms with van der Waals surface area (Å²) < 4.78 is 10.2. The summed E-state index contributed by atoms with van der Waals surface area (Å²) in [5.41, 5.74) is 0. The van der Waals surface area contributed by atoms with E-state index in [-0.39, 0.29) is 11.7 Å². The molecule has 1 aliphatic rings. The number of aryl methyl sites for hydroxylation is 1. The van der Waals surface area contributed by atoms with Gasteiger partial charge in [-0.1, -0.05) is 0 Å². The van der Waals surface area contributed by atoms with E-state index >= 15 is 0 Å². The lowest BCUT2D eigenvalue weighted by Gasteiger charge is -2.20. The number of aromatic amines is 1. The van der Waals surface area contributed by atoms with E-state index in [4.69, 9.17) is 9.47 Å². The molecule has 0 aromatic carbocycles. The van der Waals surface area contributed by atoms with E-state index in [1.165, 1.54) is 11.2 Å². The summed E-state index contributed by atoms with van der Waals surface area (Å²) in [6.45, 7) is 2.99. The molecule has 1 aliphatic heterocycles. The van der Waals surface area contributed by atoms with Crippen molar-refractivity contribution in [2.45, 2.75) is 13.5 Å². The monoisotopic (exact) mass is 238 g/mol. The number of nitrogens with one attached hydrogen (secondary N) is 1. The first-order valence-corrected chi connectivity index (χ1v) is 5.25. The highest BCUT2D eigenvalue weighted by Gasteiger charge is 2.20. The lowest BCUT2D eigenvalue weighted by atomic mass is 10.4. The number of rotatable bonds is 3. The number of likely N-dealkylation sites (N-methyl/N-ethyl adjacent to an activating group) is 1. The van der Waals surface area contributed by atoms with Gasteiger partial charge in [-0.2, -0.15) is 5.10 Å². The van der Waals surface area contributed by atoms with Crippen LogP contribution >= 0.6 is 0 Å². The molecule has 2 heterocycles. The molecule has 0 bridgehead atoms. The van der Waals surface area contributed by atoms with Gasteiger partial charge in [-0.15, -0.1) is 0 Å². The van der Waals surface area contributed by atoms with Crippen molar-refractivity contribution in [3.8, 4) is 0 Å². The number of hydrogen-bond donors (Lipinski definition) is 1. The lowest BCUT2D eigenvalue weighted by molar-refractivity contribution is -0.131. The smallest absolute Gasteiger partial charge is 0.292 e. The fourth-order valence-corrected chi connectivity index (χ4v) is 1.41. The lowest BCUT2D eigenvalue weighted by Crippen LogP contribution is -2.30. The molecule has 0 atom stereocenters. The molecule has 1 aromatic rings. The average Bonchev–Trinajstić information content (AvgIpc) is 2.75. The van der Waals surface area contributed by atoms with Crippen LogP contribution in [0.4, 0.5) is 0 Å². The standard InChI is InChI=1S/C10H14N4O3/c1-7-11-9(13-12-7)5-14(2)10(15)8-6-16-3-4-17-8/h6H,3-5H2,1-2H3,(H,11,12,13). The fraction of sp³-hybridized carbons (Fsp3) is 0.500. The van der Waals surface area contributed by atoms with Crippen LogP contribution in [-0.4, -0.2) is 46.2 Å². The first-order valence-electron chi connectivity index (χ1n) is 5.25. The number of nitrogens with zero attached hydrogens (tertiary/aromatic N) is 3. The molecular formula is C10H14N4O3. The average molecular weight is 238 g/mol. The van der Waals surface area contributed by atoms with Crippen LogP contribution in [0.5, 0.6) is 0 Å². The largest absolute Gasteiger partial charge is 0.494 e. The normalized spacial score (nSPS) is 14.6. The van der Waals surface area contributed by atoms with Crippen LogP contribution < -0.4 is 0 Å². The molecule has 2 rings (SSSR count). The first-order chi connectivity index (χ1) is 8.16. The Hall–Kier alpha value is -2.05. The first kappa shape index (κ1) is 11.4. The van der Waals surface area contributed by atoms with Gasteiger partial charge in [0.2, 0.25) is 5.76 Å². The van der Waals surface area contributed by atoms with Crippen LogP contribution in [0.25, 0.3) is 0 Å². The van der Waals surface area contributed by atoms with Crippen molar-refractivity contribution < 1.29 is 14.3 Å². The van der Waals surface area contributed by atoms with Crippen LogP contribution in [0.3, 0.4) is 0 Å². The number of ether oxygens (including phenoxy) is 2. The molecule has 0 fully saturated rings. The van der Waals surface area contributed by atoms with Crippen molar-refractivity contribution in [1.29, 1.82) is 0 Å². The zero-order valence-electron chi connectivity index (χ0n) is 9.77. The summed E-state index contributed by atoms with van der Waals surface area (Å²) in [4.78, 5) is 17.5. The van der Waals surface area contributed by atoms with E-state index in [2.05, 4.69) is 15.2 Å². The van der Waals surface area contributed by atoms with Gasteiger partial charge in [-0.05, 0) is 6.92 Å². The second-order valence-electron chi connectivity index (χ2n) is 3.70. The SMILES string of the molecule is Cc1nc(CN(C)C(=O)C2=COCCO2)n[nH]1. The van der Waals surface area contributed by atoms with Crippen molar-refractivity contribution in [1.82, 2.24) is 20.1 Å². The van der Waals surface area contributed by atoms with Gasteiger partial charge in [0.05, 0.1) is 6.54 Å². The van der Waals surface area contributed by atoms with Crippen LogP contribution in [0.2, 0.25) is 0 Å². The van der Waals surface area contributed by atoms with E-state index in [1.54, 1.807) is 14.0 Å². The Morgan fingerprint density at radius 2 is 2.41 bits per heavy atom. The third-order valence-corrected chi connectivity index (χ3v) is 2.23. The molecule has 0 spiro atoms. The molecule has 7 nitrogen and oxygen atoms in total. The van der Waals surface area contributed by atoms with Crippen molar-refractivity contribution in [3.05, 3.63) is 23.7 Å². The van der Waals surface area contributed by atoms with Crippen LogP contribution in [0, 0.1) is 6.92 Å². The Morgan fingerprint density at radius 3 is 3.00 bits per heavy atom. The van der Waals surface area contributed by atoms with E-state index in [0.717, 1.165) is 5.82 Å². The molecule has 92 valence electrons. The molecule has 0 radical (unpaired) electrons. The predicted octanol–water partition coefficient (Wildman–Crippen LogP) is -0.0403. The van der Waals surface area contributed by atoms with Crippen LogP contribution in [0.15, 0.2) is 12.0 Å². The van der Waals surface area contributed by atoms with E-state index in [1.807, 2.05) is 0 Å². The van der Waals surface area contributed by atoms with Gasteiger partial charge >= 0.3 is 0 Å². The Balaban J connectivity index is 1.97. The zero-order valence-corrected chi connectivity index (χ0v) is 9.77. The van der Waals surface area contributed by atoms with Crippen molar-refractivity contribution >= 4 is 5.91 Å². The van der Waals surface area contributed by atoms with Gasteiger partial charge in [0.25, 0.3) is 5.91 Å². The second kappa shape index (κ2) is 4.86. The maximum absolute atomic E-state index is 11.9. The minimum absolute atomic E-state index is 0.214. The molecule has 1 amide bonds. The van der Waals surface area contributed by atoms with Gasteiger partial charge in [0.1, 0.15) is 25.3 Å². The Bertz CT molecular complexity index is 441. The van der Waals surface area contributed by atoms with Crippen molar-refractivity contribution in [2.24, 2.45) is 0 Å². The van der Waals surface area contributed by atoms with Crippen LogP contribution in [0.1, 0.15) is 11.6 Å². The summed E-state index contributed by atoms with van der Waals surface area (Å²) in [7, 11) is 1.66. The van der Waals surface area contributed by atoms with E-state index in [0.29, 0.717) is 25.6 Å². The summed E-state index contributed by atoms with van der Waals surface area (Å²) in [5.74, 6) is 1.26. The van der Waals surface area contributed by atoms with Crippen LogP contribution in [-0.2, 0) is 20.8 Å². The summed E-state index contributed by atoms with van der Waals surface area (Å²) in [5, 5.41) is 6.68. The Labute approximate surface area is 98.4 Å². The zero-order chi connectivity index (χ0) is 12.3.